The lowest BCUT2D eigenvalue weighted by Crippen LogP contribution is -2.22. The third-order valence-electron chi connectivity index (χ3n) is 4.78. The van der Waals surface area contributed by atoms with Gasteiger partial charge in [0, 0.05) is 5.56 Å². The van der Waals surface area contributed by atoms with Crippen molar-refractivity contribution in [1.29, 1.82) is 0 Å². The van der Waals surface area contributed by atoms with Crippen LogP contribution in [0.5, 0.6) is 5.75 Å². The molecule has 0 fully saturated rings. The number of para-hydroxylation sites is 2. The van der Waals surface area contributed by atoms with Gasteiger partial charge in [-0.1, -0.05) is 36.4 Å². The van der Waals surface area contributed by atoms with Crippen LogP contribution in [0.1, 0.15) is 31.8 Å². The van der Waals surface area contributed by atoms with Crippen molar-refractivity contribution in [3.05, 3.63) is 94.8 Å². The Morgan fingerprint density at radius 1 is 0.875 bits per heavy atom. The highest BCUT2D eigenvalue weighted by Gasteiger charge is 2.17. The Balaban J connectivity index is 1.59. The molecule has 0 atom stereocenters. The van der Waals surface area contributed by atoms with E-state index in [1.54, 1.807) is 30.3 Å². The molecular formula is C25H22FNO5. The van der Waals surface area contributed by atoms with E-state index in [0.717, 1.165) is 11.1 Å². The zero-order valence-electron chi connectivity index (χ0n) is 17.7. The van der Waals surface area contributed by atoms with Crippen LogP contribution in [-0.2, 0) is 9.53 Å². The van der Waals surface area contributed by atoms with Crippen LogP contribution in [0.2, 0.25) is 0 Å². The Morgan fingerprint density at radius 3 is 2.34 bits per heavy atom. The number of carbonyl (C=O) groups excluding carboxylic acids is 3. The van der Waals surface area contributed by atoms with E-state index >= 15 is 0 Å². The number of aryl methyl sites for hydroxylation is 2. The second-order valence-corrected chi connectivity index (χ2v) is 7.11. The first-order valence-corrected chi connectivity index (χ1v) is 9.89. The molecule has 6 nitrogen and oxygen atoms in total. The lowest BCUT2D eigenvalue weighted by atomic mass is 10.0. The largest absolute Gasteiger partial charge is 0.483 e. The van der Waals surface area contributed by atoms with E-state index in [2.05, 4.69) is 5.32 Å². The van der Waals surface area contributed by atoms with Gasteiger partial charge in [0.2, 0.25) is 0 Å². The Bertz CT molecular complexity index is 1160. The van der Waals surface area contributed by atoms with Crippen LogP contribution in [0.25, 0.3) is 0 Å². The number of rotatable bonds is 8. The molecule has 3 aromatic carbocycles. The predicted octanol–water partition coefficient (Wildman–Crippen LogP) is 4.50. The lowest BCUT2D eigenvalue weighted by molar-refractivity contribution is -0.118. The summed E-state index contributed by atoms with van der Waals surface area (Å²) in [5, 5.41) is 2.40. The number of carbonyl (C=O) groups is 3. The number of benzene rings is 3. The van der Waals surface area contributed by atoms with Crippen LogP contribution in [0, 0.1) is 19.7 Å². The fourth-order valence-electron chi connectivity index (χ4n) is 2.86. The number of ketones is 1. The summed E-state index contributed by atoms with van der Waals surface area (Å²) in [5.74, 6) is -2.14. The number of Topliss-reactive ketones (excluding diaryl/α,β-unsaturated/α-hetero) is 1. The van der Waals surface area contributed by atoms with Gasteiger partial charge in [-0.2, -0.15) is 0 Å². The minimum atomic E-state index is -0.757. The van der Waals surface area contributed by atoms with Crippen molar-refractivity contribution in [3.63, 3.8) is 0 Å². The zero-order valence-corrected chi connectivity index (χ0v) is 17.7. The first-order valence-electron chi connectivity index (χ1n) is 9.89. The van der Waals surface area contributed by atoms with Crippen molar-refractivity contribution >= 4 is 23.3 Å². The molecule has 3 rings (SSSR count). The van der Waals surface area contributed by atoms with Gasteiger partial charge in [0.1, 0.15) is 17.1 Å². The Kier molecular flexibility index (Phi) is 7.33. The summed E-state index contributed by atoms with van der Waals surface area (Å²) >= 11 is 0. The third kappa shape index (κ3) is 5.78. The van der Waals surface area contributed by atoms with Crippen LogP contribution in [-0.4, -0.2) is 30.9 Å². The van der Waals surface area contributed by atoms with Gasteiger partial charge in [0.15, 0.2) is 19.0 Å². The lowest BCUT2D eigenvalue weighted by Gasteiger charge is -2.12. The van der Waals surface area contributed by atoms with Gasteiger partial charge in [0.05, 0.1) is 5.69 Å². The standard InChI is InChI=1S/C25H22FNO5/c1-16-11-12-18(13-17(16)2)22(28)14-32-25(30)19-7-3-6-10-23(19)31-15-24(29)27-21-9-5-4-8-20(21)26/h3-13H,14-15H2,1-2H3,(H,27,29). The molecule has 0 radical (unpaired) electrons. The minimum Gasteiger partial charge on any atom is -0.483 e. The number of amides is 1. The number of ether oxygens (including phenoxy) is 2. The molecule has 0 aliphatic rings. The molecule has 7 heteroatoms. The quantitative estimate of drug-likeness (QED) is 0.416. The van der Waals surface area contributed by atoms with E-state index < -0.39 is 30.9 Å². The molecule has 1 N–H and O–H groups in total. The topological polar surface area (TPSA) is 81.7 Å². The average molecular weight is 435 g/mol. The average Bonchev–Trinajstić information content (AvgIpc) is 2.79. The number of halogens is 1. The summed E-state index contributed by atoms with van der Waals surface area (Å²) in [6, 6.07) is 17.2. The number of nitrogens with one attached hydrogen (secondary N) is 1. The number of anilines is 1. The van der Waals surface area contributed by atoms with Gasteiger partial charge < -0.3 is 14.8 Å². The molecule has 0 spiro atoms. The van der Waals surface area contributed by atoms with E-state index in [0.29, 0.717) is 5.56 Å². The molecule has 0 aliphatic heterocycles. The van der Waals surface area contributed by atoms with E-state index in [9.17, 15) is 18.8 Å². The van der Waals surface area contributed by atoms with E-state index in [1.807, 2.05) is 19.9 Å². The minimum absolute atomic E-state index is 0.0265. The molecule has 0 aromatic heterocycles. The Hall–Kier alpha value is -4.00. The maximum Gasteiger partial charge on any atom is 0.342 e. The third-order valence-corrected chi connectivity index (χ3v) is 4.78. The highest BCUT2D eigenvalue weighted by molar-refractivity contribution is 6.00. The molecule has 1 amide bonds. The fourth-order valence-corrected chi connectivity index (χ4v) is 2.86. The SMILES string of the molecule is Cc1ccc(C(=O)COC(=O)c2ccccc2OCC(=O)Nc2ccccc2F)cc1C. The first kappa shape index (κ1) is 22.7. The van der Waals surface area contributed by atoms with Gasteiger partial charge in [-0.25, -0.2) is 9.18 Å². The molecule has 0 bridgehead atoms. The maximum atomic E-state index is 13.7. The van der Waals surface area contributed by atoms with Crippen LogP contribution < -0.4 is 10.1 Å². The number of hydrogen-bond acceptors (Lipinski definition) is 5. The second kappa shape index (κ2) is 10.3. The zero-order chi connectivity index (χ0) is 23.1. The highest BCUT2D eigenvalue weighted by Crippen LogP contribution is 2.20. The molecule has 0 heterocycles. The monoisotopic (exact) mass is 435 g/mol. The summed E-state index contributed by atoms with van der Waals surface area (Å²) in [4.78, 5) is 36.9. The van der Waals surface area contributed by atoms with Crippen molar-refractivity contribution < 1.29 is 28.2 Å². The van der Waals surface area contributed by atoms with Gasteiger partial charge in [-0.3, -0.25) is 9.59 Å². The molecule has 32 heavy (non-hydrogen) atoms. The van der Waals surface area contributed by atoms with E-state index in [-0.39, 0.29) is 22.8 Å². The van der Waals surface area contributed by atoms with Crippen molar-refractivity contribution in [2.24, 2.45) is 0 Å². The number of hydrogen-bond donors (Lipinski definition) is 1. The smallest absolute Gasteiger partial charge is 0.342 e. The highest BCUT2D eigenvalue weighted by atomic mass is 19.1. The summed E-state index contributed by atoms with van der Waals surface area (Å²) in [7, 11) is 0. The van der Waals surface area contributed by atoms with Gasteiger partial charge in [-0.05, 0) is 55.3 Å². The summed E-state index contributed by atoms with van der Waals surface area (Å²) in [5.41, 5.74) is 2.58. The fraction of sp³-hybridized carbons (Fsp3) is 0.160. The Labute approximate surface area is 185 Å². The van der Waals surface area contributed by atoms with Crippen LogP contribution >= 0.6 is 0 Å². The molecular weight excluding hydrogens is 413 g/mol. The van der Waals surface area contributed by atoms with E-state index in [1.165, 1.54) is 30.3 Å². The molecule has 0 aliphatic carbocycles. The van der Waals surface area contributed by atoms with E-state index in [4.69, 9.17) is 9.47 Å². The maximum absolute atomic E-state index is 13.7. The van der Waals surface area contributed by atoms with Crippen LogP contribution in [0.4, 0.5) is 10.1 Å². The van der Waals surface area contributed by atoms with Gasteiger partial charge in [0.25, 0.3) is 5.91 Å². The van der Waals surface area contributed by atoms with Crippen molar-refractivity contribution in [3.8, 4) is 5.75 Å². The van der Waals surface area contributed by atoms with Gasteiger partial charge in [-0.15, -0.1) is 0 Å². The van der Waals surface area contributed by atoms with Crippen molar-refractivity contribution in [2.45, 2.75) is 13.8 Å². The summed E-state index contributed by atoms with van der Waals surface area (Å²) in [6.07, 6.45) is 0. The molecule has 0 unspecified atom stereocenters. The molecule has 0 saturated heterocycles. The second-order valence-electron chi connectivity index (χ2n) is 7.11. The first-order chi connectivity index (χ1) is 15.3. The summed E-state index contributed by atoms with van der Waals surface area (Å²) in [6.45, 7) is 2.97. The predicted molar refractivity (Wildman–Crippen MR) is 117 cm³/mol. The normalized spacial score (nSPS) is 10.3. The van der Waals surface area contributed by atoms with Crippen molar-refractivity contribution in [2.75, 3.05) is 18.5 Å². The summed E-state index contributed by atoms with van der Waals surface area (Å²) < 4.78 is 24.2. The van der Waals surface area contributed by atoms with Gasteiger partial charge >= 0.3 is 5.97 Å². The Morgan fingerprint density at radius 2 is 1.59 bits per heavy atom. The molecule has 3 aromatic rings. The van der Waals surface area contributed by atoms with Crippen LogP contribution in [0.3, 0.4) is 0 Å². The molecule has 164 valence electrons. The molecule has 0 saturated carbocycles. The number of esters is 1. The van der Waals surface area contributed by atoms with Crippen molar-refractivity contribution in [1.82, 2.24) is 0 Å². The van der Waals surface area contributed by atoms with Crippen LogP contribution in [0.15, 0.2) is 66.7 Å².